The Hall–Kier alpha value is -1.38. The smallest absolute Gasteiger partial charge is 0.124 e. The first-order valence-electron chi connectivity index (χ1n) is 6.11. The second-order valence-electron chi connectivity index (χ2n) is 4.86. The van der Waals surface area contributed by atoms with Crippen molar-refractivity contribution in [2.24, 2.45) is 0 Å². The van der Waals surface area contributed by atoms with E-state index in [9.17, 15) is 9.50 Å². The van der Waals surface area contributed by atoms with Gasteiger partial charge in [0.15, 0.2) is 0 Å². The average Bonchev–Trinajstić information content (AvgIpc) is 2.33. The van der Waals surface area contributed by atoms with Gasteiger partial charge in [0.2, 0.25) is 0 Å². The van der Waals surface area contributed by atoms with Gasteiger partial charge in [0.05, 0.1) is 0 Å². The Morgan fingerprint density at radius 3 is 2.21 bits per heavy atom. The van der Waals surface area contributed by atoms with Gasteiger partial charge in [-0.15, -0.1) is 0 Å². The van der Waals surface area contributed by atoms with Crippen LogP contribution in [0.2, 0.25) is 5.02 Å². The summed E-state index contributed by atoms with van der Waals surface area (Å²) >= 11 is 6.00. The first kappa shape index (κ1) is 14.0. The minimum absolute atomic E-state index is 0.241. The minimum atomic E-state index is -0.840. The lowest BCUT2D eigenvalue weighted by Gasteiger charge is -2.17. The van der Waals surface area contributed by atoms with Crippen molar-refractivity contribution in [2.45, 2.75) is 26.9 Å². The average molecular weight is 279 g/mol. The summed E-state index contributed by atoms with van der Waals surface area (Å²) in [6.45, 7) is 5.98. The second kappa shape index (κ2) is 5.32. The molecule has 0 radical (unpaired) electrons. The Balaban J connectivity index is 2.49. The summed E-state index contributed by atoms with van der Waals surface area (Å²) in [5.41, 5.74) is 4.61. The van der Waals surface area contributed by atoms with Crippen molar-refractivity contribution >= 4 is 11.6 Å². The number of aryl methyl sites for hydroxylation is 3. The summed E-state index contributed by atoms with van der Waals surface area (Å²) in [6.07, 6.45) is -0.840. The molecule has 1 unspecified atom stereocenters. The third-order valence-electron chi connectivity index (χ3n) is 3.43. The van der Waals surface area contributed by atoms with E-state index in [4.69, 9.17) is 11.6 Å². The highest BCUT2D eigenvalue weighted by atomic mass is 35.5. The molecule has 1 atom stereocenters. The molecule has 0 aliphatic carbocycles. The van der Waals surface area contributed by atoms with Gasteiger partial charge in [-0.2, -0.15) is 0 Å². The molecule has 0 aliphatic rings. The van der Waals surface area contributed by atoms with E-state index in [-0.39, 0.29) is 5.02 Å². The molecule has 0 bridgehead atoms. The molecule has 0 saturated carbocycles. The van der Waals surface area contributed by atoms with Gasteiger partial charge in [0.1, 0.15) is 11.9 Å². The van der Waals surface area contributed by atoms with Crippen molar-refractivity contribution < 1.29 is 9.50 Å². The fourth-order valence-electron chi connectivity index (χ4n) is 2.17. The predicted octanol–water partition coefficient (Wildman–Crippen LogP) is 4.49. The Labute approximate surface area is 117 Å². The molecule has 19 heavy (non-hydrogen) atoms. The summed E-state index contributed by atoms with van der Waals surface area (Å²) in [5, 5.41) is 10.7. The van der Waals surface area contributed by atoms with Gasteiger partial charge < -0.3 is 5.11 Å². The third-order valence-corrected chi connectivity index (χ3v) is 3.76. The SMILES string of the molecule is Cc1cc(C)c(C(O)c2ccc(F)cc2Cl)cc1C. The van der Waals surface area contributed by atoms with E-state index in [0.717, 1.165) is 16.7 Å². The van der Waals surface area contributed by atoms with Crippen LogP contribution in [0.3, 0.4) is 0 Å². The van der Waals surface area contributed by atoms with E-state index in [1.807, 2.05) is 32.9 Å². The summed E-state index contributed by atoms with van der Waals surface area (Å²) in [7, 11) is 0. The molecule has 3 heteroatoms. The van der Waals surface area contributed by atoms with Gasteiger partial charge in [-0.1, -0.05) is 29.8 Å². The number of rotatable bonds is 2. The maximum atomic E-state index is 13.0. The number of hydrogen-bond acceptors (Lipinski definition) is 1. The molecule has 0 aromatic heterocycles. The number of hydrogen-bond donors (Lipinski definition) is 1. The zero-order chi connectivity index (χ0) is 14.2. The van der Waals surface area contributed by atoms with Crippen molar-refractivity contribution in [1.82, 2.24) is 0 Å². The van der Waals surface area contributed by atoms with Crippen LogP contribution < -0.4 is 0 Å². The highest BCUT2D eigenvalue weighted by molar-refractivity contribution is 6.31. The van der Waals surface area contributed by atoms with E-state index in [0.29, 0.717) is 5.56 Å². The van der Waals surface area contributed by atoms with Crippen LogP contribution in [0.1, 0.15) is 33.9 Å². The largest absolute Gasteiger partial charge is 0.384 e. The van der Waals surface area contributed by atoms with Crippen LogP contribution >= 0.6 is 11.6 Å². The third kappa shape index (κ3) is 2.80. The number of aliphatic hydroxyl groups is 1. The van der Waals surface area contributed by atoms with Gasteiger partial charge >= 0.3 is 0 Å². The predicted molar refractivity (Wildman–Crippen MR) is 76.1 cm³/mol. The lowest BCUT2D eigenvalue weighted by Crippen LogP contribution is -2.04. The molecular weight excluding hydrogens is 263 g/mol. The highest BCUT2D eigenvalue weighted by Crippen LogP contribution is 2.31. The van der Waals surface area contributed by atoms with Crippen molar-refractivity contribution in [2.75, 3.05) is 0 Å². The molecule has 2 aromatic carbocycles. The van der Waals surface area contributed by atoms with E-state index >= 15 is 0 Å². The first-order valence-corrected chi connectivity index (χ1v) is 6.48. The van der Waals surface area contributed by atoms with Crippen LogP contribution in [0.15, 0.2) is 30.3 Å². The fraction of sp³-hybridized carbons (Fsp3) is 0.250. The number of benzene rings is 2. The van der Waals surface area contributed by atoms with Crippen LogP contribution in [-0.2, 0) is 0 Å². The topological polar surface area (TPSA) is 20.2 Å². The van der Waals surface area contributed by atoms with Gasteiger partial charge in [0.25, 0.3) is 0 Å². The van der Waals surface area contributed by atoms with Crippen LogP contribution in [-0.4, -0.2) is 5.11 Å². The highest BCUT2D eigenvalue weighted by Gasteiger charge is 2.17. The summed E-state index contributed by atoms with van der Waals surface area (Å²) in [6, 6.07) is 8.04. The summed E-state index contributed by atoms with van der Waals surface area (Å²) in [5.74, 6) is -0.405. The lowest BCUT2D eigenvalue weighted by molar-refractivity contribution is 0.219. The molecular formula is C16H16ClFO. The minimum Gasteiger partial charge on any atom is -0.384 e. The van der Waals surface area contributed by atoms with Crippen LogP contribution in [0, 0.1) is 26.6 Å². The van der Waals surface area contributed by atoms with Gasteiger partial charge in [-0.05, 0) is 55.2 Å². The normalized spacial score (nSPS) is 12.5. The van der Waals surface area contributed by atoms with Gasteiger partial charge in [-0.25, -0.2) is 4.39 Å². The van der Waals surface area contributed by atoms with Crippen LogP contribution in [0.25, 0.3) is 0 Å². The molecule has 0 saturated heterocycles. The molecule has 0 aliphatic heterocycles. The number of halogens is 2. The van der Waals surface area contributed by atoms with Crippen LogP contribution in [0.5, 0.6) is 0 Å². The Bertz CT molecular complexity index is 622. The second-order valence-corrected chi connectivity index (χ2v) is 5.27. The van der Waals surface area contributed by atoms with Crippen molar-refractivity contribution in [3.8, 4) is 0 Å². The van der Waals surface area contributed by atoms with E-state index < -0.39 is 11.9 Å². The fourth-order valence-corrected chi connectivity index (χ4v) is 2.44. The van der Waals surface area contributed by atoms with E-state index in [2.05, 4.69) is 0 Å². The maximum Gasteiger partial charge on any atom is 0.124 e. The molecule has 1 nitrogen and oxygen atoms in total. The molecule has 2 rings (SSSR count). The van der Waals surface area contributed by atoms with Crippen molar-refractivity contribution in [3.63, 3.8) is 0 Å². The number of aliphatic hydroxyl groups excluding tert-OH is 1. The molecule has 0 amide bonds. The summed E-state index contributed by atoms with van der Waals surface area (Å²) in [4.78, 5) is 0. The van der Waals surface area contributed by atoms with E-state index in [1.54, 1.807) is 0 Å². The molecule has 100 valence electrons. The van der Waals surface area contributed by atoms with Crippen molar-refractivity contribution in [3.05, 3.63) is 69.0 Å². The summed E-state index contributed by atoms with van der Waals surface area (Å²) < 4.78 is 13.0. The van der Waals surface area contributed by atoms with Gasteiger partial charge in [-0.3, -0.25) is 0 Å². The molecule has 0 heterocycles. The quantitative estimate of drug-likeness (QED) is 0.858. The van der Waals surface area contributed by atoms with Crippen LogP contribution in [0.4, 0.5) is 4.39 Å². The first-order chi connectivity index (χ1) is 8.90. The Morgan fingerprint density at radius 2 is 1.58 bits per heavy atom. The molecule has 2 aromatic rings. The lowest BCUT2D eigenvalue weighted by atomic mass is 9.93. The molecule has 1 N–H and O–H groups in total. The molecule has 0 spiro atoms. The standard InChI is InChI=1S/C16H16ClFO/c1-9-6-11(3)14(7-10(9)2)16(19)13-5-4-12(18)8-15(13)17/h4-8,16,19H,1-3H3. The van der Waals surface area contributed by atoms with Gasteiger partial charge in [0, 0.05) is 10.6 Å². The van der Waals surface area contributed by atoms with E-state index in [1.165, 1.54) is 23.8 Å². The Morgan fingerprint density at radius 1 is 0.947 bits per heavy atom. The van der Waals surface area contributed by atoms with Crippen molar-refractivity contribution in [1.29, 1.82) is 0 Å². The zero-order valence-corrected chi connectivity index (χ0v) is 11.9. The molecule has 0 fully saturated rings. The Kier molecular flexibility index (Phi) is 3.93. The monoisotopic (exact) mass is 278 g/mol. The maximum absolute atomic E-state index is 13.0. The zero-order valence-electron chi connectivity index (χ0n) is 11.2.